The average Bonchev–Trinajstić information content (AvgIpc) is 2.72. The number of carboxylic acids is 1. The molecule has 1 atom stereocenters. The van der Waals surface area contributed by atoms with E-state index in [2.05, 4.69) is 28.8 Å². The molecule has 1 aromatic rings. The Bertz CT molecular complexity index is 447. The van der Waals surface area contributed by atoms with E-state index in [9.17, 15) is 4.79 Å². The van der Waals surface area contributed by atoms with Gasteiger partial charge in [-0.15, -0.1) is 11.3 Å². The maximum Gasteiger partial charge on any atom is 0.355 e. The van der Waals surface area contributed by atoms with Crippen LogP contribution in [-0.2, 0) is 0 Å². The highest BCUT2D eigenvalue weighted by molar-refractivity contribution is 7.15. The van der Waals surface area contributed by atoms with Crippen LogP contribution in [0.3, 0.4) is 0 Å². The molecule has 0 amide bonds. The molecule has 0 aliphatic carbocycles. The Morgan fingerprint density at radius 1 is 1.56 bits per heavy atom. The van der Waals surface area contributed by atoms with Crippen LogP contribution < -0.4 is 4.90 Å². The second kappa shape index (κ2) is 5.24. The number of aryl methyl sites for hydroxylation is 1. The van der Waals surface area contributed by atoms with E-state index in [1.807, 2.05) is 6.92 Å². The van der Waals surface area contributed by atoms with Crippen molar-refractivity contribution >= 4 is 22.4 Å². The molecule has 1 fully saturated rings. The first-order valence-electron chi connectivity index (χ1n) is 6.18. The molecule has 0 spiro atoms. The van der Waals surface area contributed by atoms with Crippen molar-refractivity contribution in [2.45, 2.75) is 26.3 Å². The molecule has 2 rings (SSSR count). The zero-order valence-corrected chi connectivity index (χ0v) is 11.8. The molecule has 1 saturated heterocycles. The molecular formula is C12H19N3O2S. The molecule has 1 aromatic heterocycles. The predicted octanol–water partition coefficient (Wildman–Crippen LogP) is 1.68. The summed E-state index contributed by atoms with van der Waals surface area (Å²) in [4.78, 5) is 20.6. The van der Waals surface area contributed by atoms with Crippen LogP contribution in [0.25, 0.3) is 0 Å². The van der Waals surface area contributed by atoms with Crippen molar-refractivity contribution in [2.24, 2.45) is 0 Å². The van der Waals surface area contributed by atoms with Gasteiger partial charge < -0.3 is 10.0 Å². The Hall–Kier alpha value is -1.14. The summed E-state index contributed by atoms with van der Waals surface area (Å²) >= 11 is 1.48. The Kier molecular flexibility index (Phi) is 3.87. The number of rotatable bonds is 3. The third-order valence-corrected chi connectivity index (χ3v) is 4.54. The lowest BCUT2D eigenvalue weighted by atomic mass is 10.1. The molecule has 18 heavy (non-hydrogen) atoms. The SMILES string of the molecule is CCC1CN(c2nc(C(=O)O)c(C)s2)CCN1C. The number of likely N-dealkylation sites (N-methyl/N-ethyl adjacent to an activating group) is 1. The molecule has 2 heterocycles. The van der Waals surface area contributed by atoms with Crippen molar-refractivity contribution in [2.75, 3.05) is 31.6 Å². The Labute approximate surface area is 111 Å². The number of hydrogen-bond acceptors (Lipinski definition) is 5. The van der Waals surface area contributed by atoms with Gasteiger partial charge in [-0.3, -0.25) is 4.90 Å². The second-order valence-electron chi connectivity index (χ2n) is 4.70. The summed E-state index contributed by atoms with van der Waals surface area (Å²) in [5, 5.41) is 9.88. The van der Waals surface area contributed by atoms with Crippen LogP contribution in [0.2, 0.25) is 0 Å². The standard InChI is InChI=1S/C12H19N3O2S/c1-4-9-7-15(6-5-14(9)3)12-13-10(11(16)17)8(2)18-12/h9H,4-7H2,1-3H3,(H,16,17). The van der Waals surface area contributed by atoms with E-state index >= 15 is 0 Å². The van der Waals surface area contributed by atoms with Crippen molar-refractivity contribution in [1.29, 1.82) is 0 Å². The van der Waals surface area contributed by atoms with E-state index in [-0.39, 0.29) is 5.69 Å². The van der Waals surface area contributed by atoms with Gasteiger partial charge in [-0.25, -0.2) is 9.78 Å². The van der Waals surface area contributed by atoms with E-state index in [1.165, 1.54) is 11.3 Å². The fraction of sp³-hybridized carbons (Fsp3) is 0.667. The number of carboxylic acid groups (broad SMARTS) is 1. The minimum absolute atomic E-state index is 0.196. The minimum atomic E-state index is -0.934. The van der Waals surface area contributed by atoms with Gasteiger partial charge >= 0.3 is 5.97 Å². The van der Waals surface area contributed by atoms with Gasteiger partial charge in [-0.2, -0.15) is 0 Å². The van der Waals surface area contributed by atoms with Gasteiger partial charge in [-0.1, -0.05) is 6.92 Å². The smallest absolute Gasteiger partial charge is 0.355 e. The topological polar surface area (TPSA) is 56.7 Å². The van der Waals surface area contributed by atoms with Gasteiger partial charge in [0.2, 0.25) is 0 Å². The van der Waals surface area contributed by atoms with E-state index in [0.29, 0.717) is 6.04 Å². The molecule has 1 N–H and O–H groups in total. The Morgan fingerprint density at radius 3 is 2.83 bits per heavy atom. The molecule has 0 bridgehead atoms. The third-order valence-electron chi connectivity index (χ3n) is 3.51. The van der Waals surface area contributed by atoms with Gasteiger partial charge in [-0.05, 0) is 20.4 Å². The average molecular weight is 269 g/mol. The monoisotopic (exact) mass is 269 g/mol. The zero-order valence-electron chi connectivity index (χ0n) is 11.0. The van der Waals surface area contributed by atoms with Crippen molar-refractivity contribution in [3.05, 3.63) is 10.6 Å². The molecule has 1 unspecified atom stereocenters. The summed E-state index contributed by atoms with van der Waals surface area (Å²) in [5.41, 5.74) is 0.196. The van der Waals surface area contributed by atoms with Crippen LogP contribution in [0, 0.1) is 6.92 Å². The number of carbonyl (C=O) groups is 1. The normalized spacial score (nSPS) is 21.3. The Morgan fingerprint density at radius 2 is 2.28 bits per heavy atom. The minimum Gasteiger partial charge on any atom is -0.476 e. The molecule has 0 aromatic carbocycles. The van der Waals surface area contributed by atoms with Gasteiger partial charge in [0.1, 0.15) is 0 Å². The highest BCUT2D eigenvalue weighted by atomic mass is 32.1. The summed E-state index contributed by atoms with van der Waals surface area (Å²) < 4.78 is 0. The van der Waals surface area contributed by atoms with Crippen molar-refractivity contribution in [3.8, 4) is 0 Å². The molecule has 0 radical (unpaired) electrons. The van der Waals surface area contributed by atoms with Gasteiger partial charge in [0.05, 0.1) is 0 Å². The van der Waals surface area contributed by atoms with Gasteiger partial charge in [0, 0.05) is 30.6 Å². The number of anilines is 1. The number of piperazine rings is 1. The van der Waals surface area contributed by atoms with Gasteiger partial charge in [0.15, 0.2) is 10.8 Å². The third kappa shape index (κ3) is 2.49. The number of aromatic carboxylic acids is 1. The number of aromatic nitrogens is 1. The summed E-state index contributed by atoms with van der Waals surface area (Å²) in [5.74, 6) is -0.934. The first-order valence-corrected chi connectivity index (χ1v) is 7.00. The van der Waals surface area contributed by atoms with Crippen LogP contribution in [0.5, 0.6) is 0 Å². The number of thiazole rings is 1. The summed E-state index contributed by atoms with van der Waals surface area (Å²) in [6.45, 7) is 6.84. The zero-order chi connectivity index (χ0) is 13.3. The lowest BCUT2D eigenvalue weighted by Gasteiger charge is -2.39. The second-order valence-corrected chi connectivity index (χ2v) is 5.88. The first-order chi connectivity index (χ1) is 8.52. The van der Waals surface area contributed by atoms with E-state index in [4.69, 9.17) is 5.11 Å². The number of nitrogens with zero attached hydrogens (tertiary/aromatic N) is 3. The van der Waals surface area contributed by atoms with Crippen molar-refractivity contribution < 1.29 is 9.90 Å². The fourth-order valence-corrected chi connectivity index (χ4v) is 3.21. The lowest BCUT2D eigenvalue weighted by molar-refractivity contribution is 0.0690. The van der Waals surface area contributed by atoms with Crippen LogP contribution in [-0.4, -0.2) is 53.7 Å². The fourth-order valence-electron chi connectivity index (χ4n) is 2.28. The van der Waals surface area contributed by atoms with Crippen molar-refractivity contribution in [3.63, 3.8) is 0 Å². The van der Waals surface area contributed by atoms with E-state index in [1.54, 1.807) is 0 Å². The molecule has 6 heteroatoms. The summed E-state index contributed by atoms with van der Waals surface area (Å²) in [6, 6.07) is 0.524. The molecule has 1 aliphatic heterocycles. The highest BCUT2D eigenvalue weighted by Crippen LogP contribution is 2.27. The molecular weight excluding hydrogens is 250 g/mol. The maximum absolute atomic E-state index is 11.0. The molecule has 1 aliphatic rings. The van der Waals surface area contributed by atoms with Crippen LogP contribution in [0.4, 0.5) is 5.13 Å². The summed E-state index contributed by atoms with van der Waals surface area (Å²) in [7, 11) is 2.14. The molecule has 100 valence electrons. The number of hydrogen-bond donors (Lipinski definition) is 1. The molecule has 5 nitrogen and oxygen atoms in total. The Balaban J connectivity index is 2.17. The predicted molar refractivity (Wildman–Crippen MR) is 72.7 cm³/mol. The largest absolute Gasteiger partial charge is 0.476 e. The highest BCUT2D eigenvalue weighted by Gasteiger charge is 2.26. The summed E-state index contributed by atoms with van der Waals surface area (Å²) in [6.07, 6.45) is 1.10. The van der Waals surface area contributed by atoms with Crippen LogP contribution in [0.1, 0.15) is 28.7 Å². The maximum atomic E-state index is 11.0. The van der Waals surface area contributed by atoms with E-state index in [0.717, 1.165) is 36.1 Å². The van der Waals surface area contributed by atoms with Gasteiger partial charge in [0.25, 0.3) is 0 Å². The van der Waals surface area contributed by atoms with Crippen LogP contribution in [0.15, 0.2) is 0 Å². The lowest BCUT2D eigenvalue weighted by Crippen LogP contribution is -2.51. The quantitative estimate of drug-likeness (QED) is 0.904. The molecule has 0 saturated carbocycles. The first kappa shape index (κ1) is 13.3. The van der Waals surface area contributed by atoms with E-state index < -0.39 is 5.97 Å². The van der Waals surface area contributed by atoms with Crippen molar-refractivity contribution in [1.82, 2.24) is 9.88 Å². The van der Waals surface area contributed by atoms with Crippen LogP contribution >= 0.6 is 11.3 Å².